The lowest BCUT2D eigenvalue weighted by molar-refractivity contribution is -0.384. The van der Waals surface area contributed by atoms with Gasteiger partial charge in [-0.25, -0.2) is 8.78 Å². The molecule has 2 aromatic carbocycles. The molecule has 0 saturated heterocycles. The molecule has 0 aliphatic rings. The molecule has 0 aromatic heterocycles. The predicted octanol–water partition coefficient (Wildman–Crippen LogP) is 4.29. The van der Waals surface area contributed by atoms with Gasteiger partial charge in [0.2, 0.25) is 0 Å². The van der Waals surface area contributed by atoms with Crippen LogP contribution in [0.2, 0.25) is 0 Å². The number of rotatable bonds is 5. The van der Waals surface area contributed by atoms with E-state index < -0.39 is 10.7 Å². The zero-order chi connectivity index (χ0) is 15.4. The van der Waals surface area contributed by atoms with Crippen LogP contribution in [-0.2, 0) is 6.42 Å². The molecule has 0 spiro atoms. The molecular formula is C14H11BrF2N2O2. The van der Waals surface area contributed by atoms with Crippen molar-refractivity contribution in [3.05, 3.63) is 68.2 Å². The highest BCUT2D eigenvalue weighted by Gasteiger charge is 2.17. The topological polar surface area (TPSA) is 55.2 Å². The van der Waals surface area contributed by atoms with Crippen molar-refractivity contribution < 1.29 is 13.7 Å². The summed E-state index contributed by atoms with van der Waals surface area (Å²) < 4.78 is 26.2. The first-order valence-corrected chi connectivity index (χ1v) is 6.88. The van der Waals surface area contributed by atoms with Crippen LogP contribution in [0.5, 0.6) is 0 Å². The third kappa shape index (κ3) is 3.98. The molecule has 0 unspecified atom stereocenters. The molecule has 0 aliphatic carbocycles. The van der Waals surface area contributed by atoms with Crippen molar-refractivity contribution in [2.75, 3.05) is 11.9 Å². The van der Waals surface area contributed by atoms with E-state index in [9.17, 15) is 18.9 Å². The molecular weight excluding hydrogens is 346 g/mol. The van der Waals surface area contributed by atoms with Crippen LogP contribution in [-0.4, -0.2) is 11.5 Å². The van der Waals surface area contributed by atoms with Gasteiger partial charge in [-0.1, -0.05) is 12.1 Å². The van der Waals surface area contributed by atoms with Crippen molar-refractivity contribution in [3.8, 4) is 0 Å². The Labute approximate surface area is 128 Å². The zero-order valence-corrected chi connectivity index (χ0v) is 12.4. The number of nitrogens with one attached hydrogen (secondary N) is 1. The van der Waals surface area contributed by atoms with Crippen molar-refractivity contribution in [1.29, 1.82) is 0 Å². The number of nitrogens with zero attached hydrogens (tertiary/aromatic N) is 1. The van der Waals surface area contributed by atoms with Crippen LogP contribution in [0.25, 0.3) is 0 Å². The minimum atomic E-state index is -0.689. The Balaban J connectivity index is 2.07. The van der Waals surface area contributed by atoms with Crippen molar-refractivity contribution in [2.45, 2.75) is 6.42 Å². The molecule has 0 bridgehead atoms. The fourth-order valence-corrected chi connectivity index (χ4v) is 2.16. The molecule has 0 aliphatic heterocycles. The van der Waals surface area contributed by atoms with Crippen LogP contribution in [0.4, 0.5) is 20.2 Å². The van der Waals surface area contributed by atoms with E-state index in [0.717, 1.165) is 11.6 Å². The Hall–Kier alpha value is -2.02. The maximum absolute atomic E-state index is 13.3. The average molecular weight is 357 g/mol. The lowest BCUT2D eigenvalue weighted by Gasteiger charge is -2.08. The first-order valence-electron chi connectivity index (χ1n) is 6.09. The standard InChI is InChI=1S/C14H11BrF2N2O2/c15-11-7-13(14(19(20)21)8-12(11)17)18-6-5-9-1-3-10(16)4-2-9/h1-4,7-8,18H,5-6H2. The van der Waals surface area contributed by atoms with Crippen LogP contribution in [0.1, 0.15) is 5.56 Å². The number of hydrogen-bond donors (Lipinski definition) is 1. The number of nitro benzene ring substituents is 1. The molecule has 0 radical (unpaired) electrons. The highest BCUT2D eigenvalue weighted by atomic mass is 79.9. The smallest absolute Gasteiger partial charge is 0.295 e. The van der Waals surface area contributed by atoms with Crippen LogP contribution in [0, 0.1) is 21.7 Å². The van der Waals surface area contributed by atoms with Crippen LogP contribution < -0.4 is 5.32 Å². The van der Waals surface area contributed by atoms with Gasteiger partial charge >= 0.3 is 0 Å². The number of nitro groups is 1. The summed E-state index contributed by atoms with van der Waals surface area (Å²) in [6.07, 6.45) is 0.562. The van der Waals surface area contributed by atoms with Gasteiger partial charge in [0.25, 0.3) is 5.69 Å². The largest absolute Gasteiger partial charge is 0.379 e. The highest BCUT2D eigenvalue weighted by Crippen LogP contribution is 2.30. The second-order valence-corrected chi connectivity index (χ2v) is 5.20. The summed E-state index contributed by atoms with van der Waals surface area (Å²) in [4.78, 5) is 10.3. The molecule has 2 rings (SSSR count). The van der Waals surface area contributed by atoms with E-state index in [1.54, 1.807) is 12.1 Å². The predicted molar refractivity (Wildman–Crippen MR) is 79.3 cm³/mol. The summed E-state index contributed by atoms with van der Waals surface area (Å²) in [6.45, 7) is 0.407. The molecule has 0 saturated carbocycles. The van der Waals surface area contributed by atoms with E-state index in [4.69, 9.17) is 0 Å². The Morgan fingerprint density at radius 1 is 1.19 bits per heavy atom. The fraction of sp³-hybridized carbons (Fsp3) is 0.143. The lowest BCUT2D eigenvalue weighted by Crippen LogP contribution is -2.07. The molecule has 1 N–H and O–H groups in total. The Kier molecular flexibility index (Phi) is 4.85. The highest BCUT2D eigenvalue weighted by molar-refractivity contribution is 9.10. The maximum Gasteiger partial charge on any atom is 0.295 e. The number of hydrogen-bond acceptors (Lipinski definition) is 3. The molecule has 110 valence electrons. The Morgan fingerprint density at radius 2 is 1.86 bits per heavy atom. The van der Waals surface area contributed by atoms with Crippen molar-refractivity contribution in [2.24, 2.45) is 0 Å². The minimum Gasteiger partial charge on any atom is -0.379 e. The van der Waals surface area contributed by atoms with Crippen molar-refractivity contribution in [3.63, 3.8) is 0 Å². The molecule has 0 fully saturated rings. The molecule has 0 amide bonds. The van der Waals surface area contributed by atoms with Crippen LogP contribution in [0.3, 0.4) is 0 Å². The summed E-state index contributed by atoms with van der Waals surface area (Å²) in [6, 6.07) is 8.19. The van der Waals surface area contributed by atoms with Gasteiger partial charge in [-0.3, -0.25) is 10.1 Å². The SMILES string of the molecule is O=[N+]([O-])c1cc(F)c(Br)cc1NCCc1ccc(F)cc1. The number of benzene rings is 2. The van der Waals surface area contributed by atoms with Gasteiger partial charge in [0.05, 0.1) is 15.5 Å². The second kappa shape index (κ2) is 6.62. The first kappa shape index (κ1) is 15.4. The van der Waals surface area contributed by atoms with E-state index >= 15 is 0 Å². The number of halogens is 3. The summed E-state index contributed by atoms with van der Waals surface area (Å²) in [7, 11) is 0. The van der Waals surface area contributed by atoms with Gasteiger partial charge in [0.1, 0.15) is 17.3 Å². The van der Waals surface area contributed by atoms with Gasteiger partial charge in [-0.05, 0) is 46.1 Å². The fourth-order valence-electron chi connectivity index (χ4n) is 1.82. The van der Waals surface area contributed by atoms with Gasteiger partial charge in [-0.2, -0.15) is 0 Å². The Morgan fingerprint density at radius 3 is 2.48 bits per heavy atom. The Bertz CT molecular complexity index is 663. The lowest BCUT2D eigenvalue weighted by atomic mass is 10.1. The molecule has 7 heteroatoms. The summed E-state index contributed by atoms with van der Waals surface area (Å²) in [5.74, 6) is -1.00. The van der Waals surface area contributed by atoms with Gasteiger partial charge in [-0.15, -0.1) is 0 Å². The molecule has 2 aromatic rings. The van der Waals surface area contributed by atoms with E-state index in [-0.39, 0.29) is 21.7 Å². The van der Waals surface area contributed by atoms with E-state index in [0.29, 0.717) is 13.0 Å². The minimum absolute atomic E-state index is 0.150. The quantitative estimate of drug-likeness (QED) is 0.642. The van der Waals surface area contributed by atoms with Gasteiger partial charge in [0, 0.05) is 6.54 Å². The van der Waals surface area contributed by atoms with Crippen LogP contribution >= 0.6 is 15.9 Å². The van der Waals surface area contributed by atoms with Crippen LogP contribution in [0.15, 0.2) is 40.9 Å². The zero-order valence-electron chi connectivity index (χ0n) is 10.8. The molecule has 0 atom stereocenters. The summed E-state index contributed by atoms with van der Waals surface area (Å²) in [5.41, 5.74) is 0.804. The van der Waals surface area contributed by atoms with Crippen molar-refractivity contribution in [1.82, 2.24) is 0 Å². The van der Waals surface area contributed by atoms with E-state index in [1.807, 2.05) is 0 Å². The van der Waals surface area contributed by atoms with Gasteiger partial charge in [0.15, 0.2) is 0 Å². The molecule has 4 nitrogen and oxygen atoms in total. The average Bonchev–Trinajstić information content (AvgIpc) is 2.44. The molecule has 0 heterocycles. The normalized spacial score (nSPS) is 10.4. The number of anilines is 1. The monoisotopic (exact) mass is 356 g/mol. The van der Waals surface area contributed by atoms with Gasteiger partial charge < -0.3 is 5.32 Å². The molecule has 21 heavy (non-hydrogen) atoms. The summed E-state index contributed by atoms with van der Waals surface area (Å²) >= 11 is 2.99. The first-order chi connectivity index (χ1) is 9.97. The van der Waals surface area contributed by atoms with E-state index in [1.165, 1.54) is 18.2 Å². The summed E-state index contributed by atoms with van der Waals surface area (Å²) in [5, 5.41) is 13.8. The third-order valence-corrected chi connectivity index (χ3v) is 3.49. The third-order valence-electron chi connectivity index (χ3n) is 2.88. The van der Waals surface area contributed by atoms with Crippen molar-refractivity contribution >= 4 is 27.3 Å². The van der Waals surface area contributed by atoms with E-state index in [2.05, 4.69) is 21.2 Å². The second-order valence-electron chi connectivity index (χ2n) is 4.34. The maximum atomic E-state index is 13.3.